The molecule has 144 valence electrons. The topological polar surface area (TPSA) is 58.9 Å². The molecule has 1 saturated heterocycles. The fourth-order valence-electron chi connectivity index (χ4n) is 3.89. The molecule has 9 heteroatoms. The largest absolute Gasteiger partial charge is 0.312 e. The van der Waals surface area contributed by atoms with E-state index < -0.39 is 0 Å². The summed E-state index contributed by atoms with van der Waals surface area (Å²) >= 11 is 3.55. The summed E-state index contributed by atoms with van der Waals surface area (Å²) in [5.74, 6) is 2.85. The number of thiophene rings is 1. The molecule has 0 aliphatic carbocycles. The maximum absolute atomic E-state index is 4.60. The van der Waals surface area contributed by atoms with E-state index in [2.05, 4.69) is 46.8 Å². The van der Waals surface area contributed by atoms with Gasteiger partial charge in [-0.2, -0.15) is 11.3 Å². The highest BCUT2D eigenvalue weighted by Gasteiger charge is 2.27. The van der Waals surface area contributed by atoms with Crippen molar-refractivity contribution in [3.63, 3.8) is 0 Å². The fourth-order valence-corrected chi connectivity index (χ4v) is 5.55. The summed E-state index contributed by atoms with van der Waals surface area (Å²) in [6, 6.07) is 2.15. The van der Waals surface area contributed by atoms with E-state index in [1.54, 1.807) is 11.3 Å². The molecule has 5 rings (SSSR count). The van der Waals surface area contributed by atoms with Crippen molar-refractivity contribution in [2.24, 2.45) is 0 Å². The summed E-state index contributed by atoms with van der Waals surface area (Å²) in [7, 11) is 0. The molecule has 0 radical (unpaired) electrons. The molecule has 6 nitrogen and oxygen atoms in total. The number of hydrogen-bond acceptors (Lipinski definition) is 7. The first-order valence-corrected chi connectivity index (χ1v) is 10.9. The molecule has 0 bridgehead atoms. The highest BCUT2D eigenvalue weighted by Crippen LogP contribution is 2.31. The molecule has 1 fully saturated rings. The summed E-state index contributed by atoms with van der Waals surface area (Å²) in [6.07, 6.45) is 4.38. The quantitative estimate of drug-likeness (QED) is 0.698. The lowest BCUT2D eigenvalue weighted by atomic mass is 9.95. The first kappa shape index (κ1) is 19.0. The zero-order valence-corrected chi connectivity index (χ0v) is 17.5. The van der Waals surface area contributed by atoms with Crippen molar-refractivity contribution in [2.45, 2.75) is 38.4 Å². The van der Waals surface area contributed by atoms with Gasteiger partial charge in [-0.25, -0.2) is 4.98 Å². The summed E-state index contributed by atoms with van der Waals surface area (Å²) in [5, 5.41) is 17.7. The van der Waals surface area contributed by atoms with Crippen LogP contribution in [0, 0.1) is 0 Å². The van der Waals surface area contributed by atoms with Crippen molar-refractivity contribution in [1.29, 1.82) is 0 Å². The minimum atomic E-state index is 0. The Balaban J connectivity index is 0.00000180. The monoisotopic (exact) mass is 422 g/mol. The van der Waals surface area contributed by atoms with Gasteiger partial charge in [-0.3, -0.25) is 4.90 Å². The van der Waals surface area contributed by atoms with Crippen molar-refractivity contribution in [1.82, 2.24) is 30.0 Å². The van der Waals surface area contributed by atoms with Gasteiger partial charge in [0.15, 0.2) is 0 Å². The van der Waals surface area contributed by atoms with Crippen LogP contribution < -0.4 is 5.32 Å². The van der Waals surface area contributed by atoms with Gasteiger partial charge in [-0.1, -0.05) is 0 Å². The molecule has 5 heterocycles. The van der Waals surface area contributed by atoms with Crippen LogP contribution in [0.15, 0.2) is 23.0 Å². The Morgan fingerprint density at radius 3 is 2.89 bits per heavy atom. The number of piperidine rings is 1. The van der Waals surface area contributed by atoms with E-state index in [0.717, 1.165) is 50.1 Å². The normalized spacial score (nSPS) is 18.2. The predicted octanol–water partition coefficient (Wildman–Crippen LogP) is 3.37. The summed E-state index contributed by atoms with van der Waals surface area (Å²) in [5.41, 5.74) is 1.25. The Morgan fingerprint density at radius 1 is 1.19 bits per heavy atom. The number of fused-ring (bicyclic) bond motifs is 1. The van der Waals surface area contributed by atoms with Crippen molar-refractivity contribution < 1.29 is 0 Å². The van der Waals surface area contributed by atoms with Crippen LogP contribution in [0.2, 0.25) is 0 Å². The van der Waals surface area contributed by atoms with E-state index in [0.29, 0.717) is 5.92 Å². The Kier molecular flexibility index (Phi) is 5.89. The third-order valence-corrected chi connectivity index (χ3v) is 7.02. The fraction of sp³-hybridized carbons (Fsp3) is 0.500. The minimum absolute atomic E-state index is 0. The van der Waals surface area contributed by atoms with Gasteiger partial charge in [-0.15, -0.1) is 33.9 Å². The molecule has 27 heavy (non-hydrogen) atoms. The van der Waals surface area contributed by atoms with Crippen LogP contribution in [-0.2, 0) is 19.6 Å². The number of hydrogen-bond donors (Lipinski definition) is 1. The molecule has 0 saturated carbocycles. The molecule has 0 atom stereocenters. The standard InChI is InChI=1S/C18H22N6S2.ClH/c1-5-23(11-15-9-20-18(26-15)14-3-8-25-12-14)6-2-13(1)17-22-21-16-10-19-4-7-24(16)17;/h3,8-9,12-13,19H,1-2,4-7,10-11H2;1H. The lowest BCUT2D eigenvalue weighted by Crippen LogP contribution is -2.34. The number of thiazole rings is 1. The van der Waals surface area contributed by atoms with E-state index in [1.807, 2.05) is 17.5 Å². The second-order valence-corrected chi connectivity index (χ2v) is 8.89. The van der Waals surface area contributed by atoms with Gasteiger partial charge in [0.25, 0.3) is 0 Å². The second kappa shape index (κ2) is 8.36. The van der Waals surface area contributed by atoms with Gasteiger partial charge < -0.3 is 9.88 Å². The van der Waals surface area contributed by atoms with Crippen LogP contribution in [0.25, 0.3) is 10.6 Å². The molecule has 0 aromatic carbocycles. The molecular weight excluding hydrogens is 400 g/mol. The highest BCUT2D eigenvalue weighted by molar-refractivity contribution is 7.15. The van der Waals surface area contributed by atoms with Gasteiger partial charge in [0.1, 0.15) is 16.7 Å². The first-order chi connectivity index (χ1) is 12.9. The first-order valence-electron chi connectivity index (χ1n) is 9.19. The van der Waals surface area contributed by atoms with Gasteiger partial charge >= 0.3 is 0 Å². The molecular formula is C18H23ClN6S2. The lowest BCUT2D eigenvalue weighted by Gasteiger charge is -2.31. The van der Waals surface area contributed by atoms with Crippen LogP contribution in [-0.4, -0.2) is 44.3 Å². The van der Waals surface area contributed by atoms with Crippen molar-refractivity contribution in [2.75, 3.05) is 19.6 Å². The van der Waals surface area contributed by atoms with E-state index >= 15 is 0 Å². The Morgan fingerprint density at radius 2 is 2.07 bits per heavy atom. The van der Waals surface area contributed by atoms with Crippen molar-refractivity contribution in [3.8, 4) is 10.6 Å². The Bertz CT molecular complexity index is 866. The SMILES string of the molecule is Cl.c1cc(-c2ncc(CN3CCC(c4nnc5n4CCNC5)CC3)s2)cs1. The molecule has 1 N–H and O–H groups in total. The molecule has 3 aromatic heterocycles. The van der Waals surface area contributed by atoms with Crippen molar-refractivity contribution in [3.05, 3.63) is 39.5 Å². The average molecular weight is 423 g/mol. The number of nitrogens with one attached hydrogen (secondary N) is 1. The third kappa shape index (κ3) is 3.95. The van der Waals surface area contributed by atoms with E-state index in [1.165, 1.54) is 29.1 Å². The van der Waals surface area contributed by atoms with Gasteiger partial charge in [0.05, 0.1) is 6.54 Å². The number of likely N-dealkylation sites (tertiary alicyclic amines) is 1. The summed E-state index contributed by atoms with van der Waals surface area (Å²) < 4.78 is 2.34. The van der Waals surface area contributed by atoms with Crippen LogP contribution in [0.1, 0.15) is 35.3 Å². The predicted molar refractivity (Wildman–Crippen MR) is 112 cm³/mol. The zero-order valence-electron chi connectivity index (χ0n) is 15.0. The van der Waals surface area contributed by atoms with Crippen LogP contribution in [0.5, 0.6) is 0 Å². The zero-order chi connectivity index (χ0) is 17.3. The average Bonchev–Trinajstić information content (AvgIpc) is 3.43. The van der Waals surface area contributed by atoms with Crippen LogP contribution in [0.3, 0.4) is 0 Å². The smallest absolute Gasteiger partial charge is 0.147 e. The number of aromatic nitrogens is 4. The number of halogens is 1. The third-order valence-electron chi connectivity index (χ3n) is 5.31. The van der Waals surface area contributed by atoms with E-state index in [4.69, 9.17) is 0 Å². The number of rotatable bonds is 4. The minimum Gasteiger partial charge on any atom is -0.312 e. The summed E-state index contributed by atoms with van der Waals surface area (Å²) in [4.78, 5) is 8.51. The Hall–Kier alpha value is -1.32. The van der Waals surface area contributed by atoms with Gasteiger partial charge in [-0.05, 0) is 37.4 Å². The van der Waals surface area contributed by atoms with Gasteiger partial charge in [0, 0.05) is 47.6 Å². The van der Waals surface area contributed by atoms with Gasteiger partial charge in [0.2, 0.25) is 0 Å². The van der Waals surface area contributed by atoms with Crippen LogP contribution in [0.4, 0.5) is 0 Å². The second-order valence-electron chi connectivity index (χ2n) is 7.00. The Labute approximate surface area is 173 Å². The van der Waals surface area contributed by atoms with Crippen molar-refractivity contribution >= 4 is 35.1 Å². The summed E-state index contributed by atoms with van der Waals surface area (Å²) in [6.45, 7) is 6.13. The highest BCUT2D eigenvalue weighted by atomic mass is 35.5. The molecule has 3 aromatic rings. The van der Waals surface area contributed by atoms with E-state index in [-0.39, 0.29) is 12.4 Å². The molecule has 2 aliphatic rings. The molecule has 0 spiro atoms. The molecule has 2 aliphatic heterocycles. The maximum atomic E-state index is 4.60. The number of nitrogens with zero attached hydrogens (tertiary/aromatic N) is 5. The van der Waals surface area contributed by atoms with Crippen LogP contribution >= 0.6 is 35.1 Å². The maximum Gasteiger partial charge on any atom is 0.147 e. The lowest BCUT2D eigenvalue weighted by molar-refractivity contribution is 0.201. The van der Waals surface area contributed by atoms with E-state index in [9.17, 15) is 0 Å². The molecule has 0 amide bonds. The molecule has 0 unspecified atom stereocenters.